The van der Waals surface area contributed by atoms with Gasteiger partial charge in [-0.25, -0.2) is 9.45 Å². The summed E-state index contributed by atoms with van der Waals surface area (Å²) in [5, 5.41) is 5.28. The molecule has 0 aromatic heterocycles. The Morgan fingerprint density at radius 1 is 1.16 bits per heavy atom. The van der Waals surface area contributed by atoms with Crippen molar-refractivity contribution in [3.63, 3.8) is 0 Å². The molecule has 6 nitrogen and oxygen atoms in total. The van der Waals surface area contributed by atoms with Crippen LogP contribution in [0.1, 0.15) is 19.4 Å². The fourth-order valence-corrected chi connectivity index (χ4v) is 7.04. The van der Waals surface area contributed by atoms with Crippen molar-refractivity contribution in [2.75, 3.05) is 45.3 Å². The number of anilines is 1. The van der Waals surface area contributed by atoms with Crippen molar-refractivity contribution in [3.8, 4) is 0 Å². The first kappa shape index (κ1) is 16.8. The first-order valence-corrected chi connectivity index (χ1v) is 10.3. The van der Waals surface area contributed by atoms with Gasteiger partial charge in [0.25, 0.3) is 7.44 Å². The third kappa shape index (κ3) is 2.24. The van der Waals surface area contributed by atoms with Gasteiger partial charge >= 0.3 is 0 Å². The summed E-state index contributed by atoms with van der Waals surface area (Å²) in [6.07, 6.45) is 1.80. The van der Waals surface area contributed by atoms with Crippen molar-refractivity contribution in [2.45, 2.75) is 19.3 Å². The maximum absolute atomic E-state index is 14.2. The summed E-state index contributed by atoms with van der Waals surface area (Å²) < 4.78 is 23.4. The highest BCUT2D eigenvalue weighted by Gasteiger charge is 2.49. The molecule has 0 N–H and O–H groups in total. The van der Waals surface area contributed by atoms with Crippen LogP contribution >= 0.6 is 7.44 Å². The number of likely N-dealkylation sites (N-methyl/N-ethyl adjacent to an activating group) is 1. The summed E-state index contributed by atoms with van der Waals surface area (Å²) in [7, 11) is 0.937. The molecule has 134 valence electrons. The van der Waals surface area contributed by atoms with Crippen molar-refractivity contribution in [1.82, 2.24) is 9.45 Å². The van der Waals surface area contributed by atoms with E-state index < -0.39 is 7.44 Å². The molecule has 3 aliphatic heterocycles. The van der Waals surface area contributed by atoms with Crippen LogP contribution < -0.4 is 4.90 Å². The lowest BCUT2D eigenvalue weighted by Gasteiger charge is -2.37. The molecule has 1 aromatic carbocycles. The Bertz CT molecular complexity index is 811. The zero-order valence-corrected chi connectivity index (χ0v) is 16.2. The van der Waals surface area contributed by atoms with E-state index in [2.05, 4.69) is 59.8 Å². The molecule has 1 atom stereocenters. The Hall–Kier alpha value is -1.62. The van der Waals surface area contributed by atoms with Gasteiger partial charge in [0.05, 0.1) is 24.7 Å². The van der Waals surface area contributed by atoms with Gasteiger partial charge in [0.15, 0.2) is 0 Å². The van der Waals surface area contributed by atoms with Crippen molar-refractivity contribution < 1.29 is 9.30 Å². The molecule has 1 fully saturated rings. The number of rotatable bonds is 1. The van der Waals surface area contributed by atoms with Crippen LogP contribution in [0.5, 0.6) is 0 Å². The van der Waals surface area contributed by atoms with E-state index in [1.165, 1.54) is 11.3 Å². The first-order chi connectivity index (χ1) is 11.9. The van der Waals surface area contributed by atoms with Crippen molar-refractivity contribution in [3.05, 3.63) is 40.8 Å². The number of hydrogen-bond acceptors (Lipinski definition) is 4. The molecule has 3 aliphatic rings. The first-order valence-electron chi connectivity index (χ1n) is 8.68. The zero-order chi connectivity index (χ0) is 17.8. The summed E-state index contributed by atoms with van der Waals surface area (Å²) >= 11 is 0. The second-order valence-electron chi connectivity index (χ2n) is 7.28. The molecule has 1 saturated heterocycles. The lowest BCUT2D eigenvalue weighted by molar-refractivity contribution is 0.0701. The molecular weight excluding hydrogens is 335 g/mol. The molecule has 1 aromatic rings. The van der Waals surface area contributed by atoms with Gasteiger partial charge in [0, 0.05) is 44.0 Å². The van der Waals surface area contributed by atoms with Crippen molar-refractivity contribution in [2.24, 2.45) is 5.10 Å². The van der Waals surface area contributed by atoms with Gasteiger partial charge < -0.3 is 9.64 Å². The van der Waals surface area contributed by atoms with Crippen LogP contribution in [0.15, 0.2) is 40.4 Å². The minimum absolute atomic E-state index is 0.222. The molecule has 7 heteroatoms. The van der Waals surface area contributed by atoms with Gasteiger partial charge in [-0.3, -0.25) is 4.57 Å². The number of nitrogens with zero attached hydrogens (tertiary/aromatic N) is 4. The molecule has 0 spiro atoms. The predicted molar refractivity (Wildman–Crippen MR) is 101 cm³/mol. The number of morpholine rings is 1. The number of para-hydroxylation sites is 1. The van der Waals surface area contributed by atoms with Gasteiger partial charge in [0.1, 0.15) is 0 Å². The van der Waals surface area contributed by atoms with Gasteiger partial charge in [-0.2, -0.15) is 5.10 Å². The SMILES string of the molecule is CN1/C(=C2\C=NN(C)[P@]2(=O)N2CCOCC2)C(C)(C)c2ccccc21. The minimum atomic E-state index is -2.94. The van der Waals surface area contributed by atoms with Crippen LogP contribution in [0.3, 0.4) is 0 Å². The van der Waals surface area contributed by atoms with Crippen LogP contribution in [-0.4, -0.2) is 56.1 Å². The van der Waals surface area contributed by atoms with Crippen LogP contribution in [0.4, 0.5) is 5.69 Å². The number of hydrazone groups is 1. The Kier molecular flexibility index (Phi) is 3.83. The Labute approximate surface area is 149 Å². The molecule has 25 heavy (non-hydrogen) atoms. The highest BCUT2D eigenvalue weighted by molar-refractivity contribution is 7.65. The molecule has 0 aliphatic carbocycles. The third-order valence-corrected chi connectivity index (χ3v) is 8.54. The molecule has 0 unspecified atom stereocenters. The quantitative estimate of drug-likeness (QED) is 0.721. The maximum Gasteiger partial charge on any atom is 0.287 e. The Morgan fingerprint density at radius 2 is 1.84 bits per heavy atom. The normalized spacial score (nSPS) is 31.7. The fourth-order valence-electron chi connectivity index (χ4n) is 4.25. The van der Waals surface area contributed by atoms with Gasteiger partial charge in [-0.05, 0) is 11.6 Å². The molecule has 4 rings (SSSR count). The number of allylic oxidation sites excluding steroid dienone is 2. The molecular formula is C18H25N4O2P. The Morgan fingerprint density at radius 3 is 2.52 bits per heavy atom. The van der Waals surface area contributed by atoms with E-state index in [0.29, 0.717) is 26.3 Å². The van der Waals surface area contributed by atoms with Crippen LogP contribution in [0.2, 0.25) is 0 Å². The van der Waals surface area contributed by atoms with E-state index >= 15 is 0 Å². The molecule has 3 heterocycles. The second-order valence-corrected chi connectivity index (χ2v) is 9.99. The highest BCUT2D eigenvalue weighted by atomic mass is 31.2. The monoisotopic (exact) mass is 360 g/mol. The molecule has 0 radical (unpaired) electrons. The fraction of sp³-hybridized carbons (Fsp3) is 0.500. The lowest BCUT2D eigenvalue weighted by Crippen LogP contribution is -2.37. The summed E-state index contributed by atoms with van der Waals surface area (Å²) in [5.41, 5.74) is 3.29. The molecule has 0 amide bonds. The van der Waals surface area contributed by atoms with Crippen molar-refractivity contribution >= 4 is 19.3 Å². The van der Waals surface area contributed by atoms with Crippen LogP contribution in [0, 0.1) is 0 Å². The summed E-state index contributed by atoms with van der Waals surface area (Å²) in [4.78, 5) is 2.18. The lowest BCUT2D eigenvalue weighted by atomic mass is 9.84. The number of hydrogen-bond donors (Lipinski definition) is 0. The number of benzene rings is 1. The number of ether oxygens (including phenoxy) is 1. The average molecular weight is 360 g/mol. The highest BCUT2D eigenvalue weighted by Crippen LogP contribution is 2.65. The van der Waals surface area contributed by atoms with E-state index in [1.807, 2.05) is 7.05 Å². The van der Waals surface area contributed by atoms with Crippen molar-refractivity contribution in [1.29, 1.82) is 0 Å². The second kappa shape index (κ2) is 5.70. The summed E-state index contributed by atoms with van der Waals surface area (Å²) in [6, 6.07) is 8.41. The maximum atomic E-state index is 14.2. The van der Waals surface area contributed by atoms with Gasteiger partial charge in [-0.15, -0.1) is 0 Å². The van der Waals surface area contributed by atoms with Crippen LogP contribution in [0.25, 0.3) is 0 Å². The molecule has 0 bridgehead atoms. The largest absolute Gasteiger partial charge is 0.379 e. The summed E-state index contributed by atoms with van der Waals surface area (Å²) in [5.74, 6) is 0. The number of fused-ring (bicyclic) bond motifs is 1. The third-order valence-electron chi connectivity index (χ3n) is 5.53. The summed E-state index contributed by atoms with van der Waals surface area (Å²) in [6.45, 7) is 6.96. The van der Waals surface area contributed by atoms with E-state index in [1.54, 1.807) is 11.0 Å². The van der Waals surface area contributed by atoms with Gasteiger partial charge in [0.2, 0.25) is 0 Å². The minimum Gasteiger partial charge on any atom is -0.379 e. The topological polar surface area (TPSA) is 48.4 Å². The van der Waals surface area contributed by atoms with E-state index in [0.717, 1.165) is 11.0 Å². The van der Waals surface area contributed by atoms with E-state index in [-0.39, 0.29) is 5.41 Å². The standard InChI is InChI=1S/C18H25N4O2P/c1-18(2)14-7-5-6-8-15(14)20(3)17(18)16-13-19-21(4)25(16,23)22-9-11-24-12-10-22/h5-8,13H,9-12H2,1-4H3/b17-16+/t25-/m0/s1. The predicted octanol–water partition coefficient (Wildman–Crippen LogP) is 3.08. The van der Waals surface area contributed by atoms with Gasteiger partial charge in [-0.1, -0.05) is 32.0 Å². The van der Waals surface area contributed by atoms with E-state index in [4.69, 9.17) is 4.74 Å². The van der Waals surface area contributed by atoms with Crippen LogP contribution in [-0.2, 0) is 14.7 Å². The zero-order valence-electron chi connectivity index (χ0n) is 15.3. The average Bonchev–Trinajstić information content (AvgIpc) is 3.02. The smallest absolute Gasteiger partial charge is 0.287 e. The molecule has 0 saturated carbocycles. The Balaban J connectivity index is 1.89. The van der Waals surface area contributed by atoms with E-state index in [9.17, 15) is 4.57 Å².